The Hall–Kier alpha value is -1.68. The van der Waals surface area contributed by atoms with Crippen molar-refractivity contribution in [2.75, 3.05) is 0 Å². The summed E-state index contributed by atoms with van der Waals surface area (Å²) in [4.78, 5) is 8.01. The highest BCUT2D eigenvalue weighted by molar-refractivity contribution is 9.10. The Kier molecular flexibility index (Phi) is 2.22. The number of rotatable bonds is 1. The quantitative estimate of drug-likeness (QED) is 0.680. The Morgan fingerprint density at radius 3 is 2.69 bits per heavy atom. The zero-order chi connectivity index (χ0) is 11.0. The number of hydrogen-bond donors (Lipinski definition) is 0. The van der Waals surface area contributed by atoms with Gasteiger partial charge in [-0.05, 0) is 18.2 Å². The fraction of sp³-hybridized carbons (Fsp3) is 0. The van der Waals surface area contributed by atoms with E-state index in [9.17, 15) is 0 Å². The van der Waals surface area contributed by atoms with Crippen molar-refractivity contribution in [1.82, 2.24) is 9.97 Å². The molecule has 1 aromatic carbocycles. The minimum atomic E-state index is 0.618. The van der Waals surface area contributed by atoms with E-state index in [1.165, 1.54) is 6.33 Å². The molecule has 3 nitrogen and oxygen atoms in total. The van der Waals surface area contributed by atoms with Gasteiger partial charge < -0.3 is 4.42 Å². The van der Waals surface area contributed by atoms with E-state index >= 15 is 0 Å². The molecule has 0 aliphatic rings. The van der Waals surface area contributed by atoms with E-state index in [4.69, 9.17) is 4.42 Å². The number of hydrogen-bond acceptors (Lipinski definition) is 3. The molecular weight excluding hydrogens is 268 g/mol. The van der Waals surface area contributed by atoms with Crippen molar-refractivity contribution in [3.63, 3.8) is 0 Å². The zero-order valence-electron chi connectivity index (χ0n) is 8.22. The fourth-order valence-electron chi connectivity index (χ4n) is 1.54. The highest BCUT2D eigenvalue weighted by Crippen LogP contribution is 2.26. The molecule has 78 valence electrons. The molecule has 0 N–H and O–H groups in total. The Balaban J connectivity index is 2.15. The summed E-state index contributed by atoms with van der Waals surface area (Å²) in [5, 5.41) is 0.917. The van der Waals surface area contributed by atoms with Gasteiger partial charge in [0, 0.05) is 16.2 Å². The molecule has 3 aromatic rings. The van der Waals surface area contributed by atoms with Crippen LogP contribution < -0.4 is 0 Å². The summed E-state index contributed by atoms with van der Waals surface area (Å²) in [6.45, 7) is 0. The molecule has 0 fully saturated rings. The van der Waals surface area contributed by atoms with Gasteiger partial charge in [0.25, 0.3) is 0 Å². The Labute approximate surface area is 100 Å². The molecule has 0 amide bonds. The third-order valence-corrected chi connectivity index (χ3v) is 2.85. The van der Waals surface area contributed by atoms with E-state index in [0.29, 0.717) is 5.71 Å². The topological polar surface area (TPSA) is 38.9 Å². The monoisotopic (exact) mass is 274 g/mol. The zero-order valence-corrected chi connectivity index (χ0v) is 9.81. The van der Waals surface area contributed by atoms with Gasteiger partial charge in [0.15, 0.2) is 0 Å². The molecule has 0 aliphatic carbocycles. The van der Waals surface area contributed by atoms with Crippen LogP contribution in [0, 0.1) is 0 Å². The maximum atomic E-state index is 5.63. The standard InChI is InChI=1S/C12H7BrN2O/c13-10-3-1-8(2-4-10)11-5-9-6-14-7-15-12(9)16-11/h1-7H. The smallest absolute Gasteiger partial charge is 0.229 e. The molecular formula is C12H7BrN2O. The van der Waals surface area contributed by atoms with Gasteiger partial charge in [-0.2, -0.15) is 0 Å². The molecule has 0 unspecified atom stereocenters. The average molecular weight is 275 g/mol. The van der Waals surface area contributed by atoms with E-state index in [0.717, 1.165) is 21.2 Å². The van der Waals surface area contributed by atoms with Crippen LogP contribution in [0.4, 0.5) is 0 Å². The van der Waals surface area contributed by atoms with Crippen molar-refractivity contribution in [2.24, 2.45) is 0 Å². The van der Waals surface area contributed by atoms with Crippen molar-refractivity contribution in [2.45, 2.75) is 0 Å². The number of aromatic nitrogens is 2. The van der Waals surface area contributed by atoms with Crippen LogP contribution in [0.3, 0.4) is 0 Å². The molecule has 3 rings (SSSR count). The van der Waals surface area contributed by atoms with E-state index in [1.54, 1.807) is 6.20 Å². The molecule has 0 saturated carbocycles. The molecule has 0 saturated heterocycles. The van der Waals surface area contributed by atoms with Crippen LogP contribution in [-0.2, 0) is 0 Å². The molecule has 0 atom stereocenters. The molecule has 0 bridgehead atoms. The molecule has 0 aliphatic heterocycles. The number of furan rings is 1. The summed E-state index contributed by atoms with van der Waals surface area (Å²) in [5.41, 5.74) is 1.65. The lowest BCUT2D eigenvalue weighted by Gasteiger charge is -1.95. The van der Waals surface area contributed by atoms with Crippen LogP contribution >= 0.6 is 15.9 Å². The van der Waals surface area contributed by atoms with Gasteiger partial charge in [-0.25, -0.2) is 9.97 Å². The second-order valence-corrected chi connectivity index (χ2v) is 4.32. The maximum absolute atomic E-state index is 5.63. The highest BCUT2D eigenvalue weighted by atomic mass is 79.9. The molecule has 4 heteroatoms. The summed E-state index contributed by atoms with van der Waals surface area (Å²) in [7, 11) is 0. The minimum absolute atomic E-state index is 0.618. The van der Waals surface area contributed by atoms with Gasteiger partial charge in [-0.1, -0.05) is 28.1 Å². The van der Waals surface area contributed by atoms with Gasteiger partial charge in [0.1, 0.15) is 12.1 Å². The molecule has 0 radical (unpaired) electrons. The normalized spacial score (nSPS) is 10.8. The Bertz CT molecular complexity index is 598. The van der Waals surface area contributed by atoms with Crippen molar-refractivity contribution < 1.29 is 4.42 Å². The van der Waals surface area contributed by atoms with Gasteiger partial charge >= 0.3 is 0 Å². The Morgan fingerprint density at radius 1 is 1.12 bits per heavy atom. The summed E-state index contributed by atoms with van der Waals surface area (Å²) in [6, 6.07) is 9.89. The number of benzene rings is 1. The van der Waals surface area contributed by atoms with Crippen LogP contribution in [-0.4, -0.2) is 9.97 Å². The predicted molar refractivity (Wildman–Crippen MR) is 64.9 cm³/mol. The second-order valence-electron chi connectivity index (χ2n) is 3.40. The Morgan fingerprint density at radius 2 is 1.94 bits per heavy atom. The first kappa shape index (κ1) is 9.54. The van der Waals surface area contributed by atoms with Crippen LogP contribution in [0.5, 0.6) is 0 Å². The maximum Gasteiger partial charge on any atom is 0.229 e. The van der Waals surface area contributed by atoms with Gasteiger partial charge in [0.05, 0.1) is 5.39 Å². The van der Waals surface area contributed by atoms with E-state index in [-0.39, 0.29) is 0 Å². The predicted octanol–water partition coefficient (Wildman–Crippen LogP) is 3.65. The van der Waals surface area contributed by atoms with Crippen LogP contribution in [0.2, 0.25) is 0 Å². The fourth-order valence-corrected chi connectivity index (χ4v) is 1.81. The minimum Gasteiger partial charge on any atom is -0.438 e. The lowest BCUT2D eigenvalue weighted by molar-refractivity contribution is 0.617. The van der Waals surface area contributed by atoms with Gasteiger partial charge in [0.2, 0.25) is 5.71 Å². The van der Waals surface area contributed by atoms with Crippen molar-refractivity contribution in [3.05, 3.63) is 47.3 Å². The molecule has 2 heterocycles. The first-order valence-electron chi connectivity index (χ1n) is 4.78. The van der Waals surface area contributed by atoms with E-state index in [2.05, 4.69) is 25.9 Å². The second kappa shape index (κ2) is 3.72. The first-order valence-corrected chi connectivity index (χ1v) is 5.58. The van der Waals surface area contributed by atoms with Gasteiger partial charge in [-0.15, -0.1) is 0 Å². The lowest BCUT2D eigenvalue weighted by Crippen LogP contribution is -1.73. The lowest BCUT2D eigenvalue weighted by atomic mass is 10.2. The number of halogens is 1. The summed E-state index contributed by atoms with van der Waals surface area (Å²) >= 11 is 3.40. The van der Waals surface area contributed by atoms with Crippen molar-refractivity contribution in [3.8, 4) is 11.3 Å². The van der Waals surface area contributed by atoms with Crippen LogP contribution in [0.1, 0.15) is 0 Å². The van der Waals surface area contributed by atoms with E-state index in [1.807, 2.05) is 30.3 Å². The van der Waals surface area contributed by atoms with Crippen molar-refractivity contribution in [1.29, 1.82) is 0 Å². The highest BCUT2D eigenvalue weighted by Gasteiger charge is 2.06. The molecule has 0 spiro atoms. The van der Waals surface area contributed by atoms with E-state index < -0.39 is 0 Å². The summed E-state index contributed by atoms with van der Waals surface area (Å²) in [5.74, 6) is 0.808. The van der Waals surface area contributed by atoms with Gasteiger partial charge in [-0.3, -0.25) is 0 Å². The van der Waals surface area contributed by atoms with Crippen molar-refractivity contribution >= 4 is 27.0 Å². The third-order valence-electron chi connectivity index (χ3n) is 2.32. The molecule has 2 aromatic heterocycles. The van der Waals surface area contributed by atoms with Crippen LogP contribution in [0.25, 0.3) is 22.4 Å². The average Bonchev–Trinajstić information content (AvgIpc) is 2.73. The molecule has 16 heavy (non-hydrogen) atoms. The van der Waals surface area contributed by atoms with Crippen LogP contribution in [0.15, 0.2) is 51.7 Å². The summed E-state index contributed by atoms with van der Waals surface area (Å²) < 4.78 is 6.68. The number of nitrogens with zero attached hydrogens (tertiary/aromatic N) is 2. The SMILES string of the molecule is Brc1ccc(-c2cc3cncnc3o2)cc1. The number of fused-ring (bicyclic) bond motifs is 1. The first-order chi connectivity index (χ1) is 7.83. The third kappa shape index (κ3) is 1.61. The largest absolute Gasteiger partial charge is 0.438 e. The summed E-state index contributed by atoms with van der Waals surface area (Å²) in [6.07, 6.45) is 3.23.